The minimum Gasteiger partial charge on any atom is -0.490 e. The van der Waals surface area contributed by atoms with Gasteiger partial charge in [-0.1, -0.05) is 42.0 Å². The number of nitrogens with zero attached hydrogens (tertiary/aromatic N) is 3. The summed E-state index contributed by atoms with van der Waals surface area (Å²) in [4.78, 5) is 15.8. The molecule has 8 heteroatoms. The van der Waals surface area contributed by atoms with Crippen molar-refractivity contribution in [2.45, 2.75) is 91.1 Å². The Balaban J connectivity index is 1.64. The van der Waals surface area contributed by atoms with E-state index in [9.17, 15) is 4.79 Å². The van der Waals surface area contributed by atoms with Crippen molar-refractivity contribution in [3.8, 4) is 28.1 Å². The van der Waals surface area contributed by atoms with E-state index in [1.54, 1.807) is 6.08 Å². The van der Waals surface area contributed by atoms with Crippen LogP contribution < -0.4 is 9.64 Å². The first-order chi connectivity index (χ1) is 23.8. The van der Waals surface area contributed by atoms with Crippen LogP contribution in [-0.4, -0.2) is 59.7 Å². The third kappa shape index (κ3) is 8.31. The number of methoxy groups -OCH3 is 1. The molecule has 0 aliphatic carbocycles. The Morgan fingerprint density at radius 2 is 1.76 bits per heavy atom. The van der Waals surface area contributed by atoms with Crippen LogP contribution in [0.15, 0.2) is 80.0 Å². The summed E-state index contributed by atoms with van der Waals surface area (Å²) >= 11 is 0. The molecule has 5 rings (SSSR count). The average molecular weight is 680 g/mol. The predicted octanol–water partition coefficient (Wildman–Crippen LogP) is 9.22. The Kier molecular flexibility index (Phi) is 11.2. The molecule has 50 heavy (non-hydrogen) atoms. The highest BCUT2D eigenvalue weighted by atomic mass is 16.6. The molecule has 8 nitrogen and oxygen atoms in total. The minimum atomic E-state index is -0.921. The molecule has 0 spiro atoms. The van der Waals surface area contributed by atoms with Gasteiger partial charge in [-0.05, 0) is 96.7 Å². The normalized spacial score (nSPS) is 15.8. The van der Waals surface area contributed by atoms with Crippen molar-refractivity contribution < 1.29 is 23.7 Å². The van der Waals surface area contributed by atoms with E-state index in [4.69, 9.17) is 24.0 Å². The van der Waals surface area contributed by atoms with Crippen LogP contribution in [0.25, 0.3) is 27.9 Å². The zero-order chi connectivity index (χ0) is 36.2. The van der Waals surface area contributed by atoms with E-state index < -0.39 is 17.7 Å². The van der Waals surface area contributed by atoms with Crippen LogP contribution in [0.2, 0.25) is 0 Å². The monoisotopic (exact) mass is 679 g/mol. The first-order valence-electron chi connectivity index (χ1n) is 17.5. The van der Waals surface area contributed by atoms with E-state index in [2.05, 4.69) is 81.3 Å². The second-order valence-electron chi connectivity index (χ2n) is 14.6. The summed E-state index contributed by atoms with van der Waals surface area (Å²) in [6.45, 7) is 23.9. The molecule has 1 saturated heterocycles. The Morgan fingerprint density at radius 1 is 1.04 bits per heavy atom. The third-order valence-corrected chi connectivity index (χ3v) is 9.24. The van der Waals surface area contributed by atoms with Crippen LogP contribution in [0, 0.1) is 13.8 Å². The standard InChI is InChI=1S/C42H53N3O5/c1-11-14-30(5)49-36-18-17-28(3)24-33(36)31-15-13-16-32(25-31)34-26-35-38(44-21-19-42(9,20-22-44)48-23-12-2)37(29(4)27-45(35)43-34)39(40(46)47-10)50-41(6,7)8/h11-13,15-18,24-27,30,39H,1-2,14,19-23H2,3-10H3. The zero-order valence-electron chi connectivity index (χ0n) is 31.0. The molecule has 3 heterocycles. The number of ether oxygens (including phenoxy) is 4. The van der Waals surface area contributed by atoms with Gasteiger partial charge in [0.25, 0.3) is 0 Å². The van der Waals surface area contributed by atoms with Crippen LogP contribution in [0.1, 0.15) is 76.7 Å². The van der Waals surface area contributed by atoms with Crippen LogP contribution in [-0.2, 0) is 19.0 Å². The number of piperidine rings is 1. The second-order valence-corrected chi connectivity index (χ2v) is 14.6. The van der Waals surface area contributed by atoms with Crippen molar-refractivity contribution in [1.29, 1.82) is 0 Å². The van der Waals surface area contributed by atoms with Gasteiger partial charge in [0, 0.05) is 42.4 Å². The van der Waals surface area contributed by atoms with Crippen molar-refractivity contribution in [2.24, 2.45) is 0 Å². The summed E-state index contributed by atoms with van der Waals surface area (Å²) in [5, 5.41) is 5.11. The van der Waals surface area contributed by atoms with Gasteiger partial charge in [0.1, 0.15) is 5.75 Å². The van der Waals surface area contributed by atoms with Gasteiger partial charge in [-0.25, -0.2) is 9.31 Å². The van der Waals surface area contributed by atoms with Gasteiger partial charge in [0.2, 0.25) is 0 Å². The molecule has 1 aliphatic rings. The molecule has 1 fully saturated rings. The molecule has 2 unspecified atom stereocenters. The molecular formula is C42H53N3O5. The van der Waals surface area contributed by atoms with Gasteiger partial charge in [-0.15, -0.1) is 13.2 Å². The molecule has 0 radical (unpaired) electrons. The largest absolute Gasteiger partial charge is 0.490 e. The van der Waals surface area contributed by atoms with Gasteiger partial charge in [0.15, 0.2) is 6.10 Å². The smallest absolute Gasteiger partial charge is 0.339 e. The van der Waals surface area contributed by atoms with Crippen molar-refractivity contribution in [2.75, 3.05) is 31.7 Å². The maximum Gasteiger partial charge on any atom is 0.339 e. The van der Waals surface area contributed by atoms with E-state index in [1.165, 1.54) is 7.11 Å². The highest BCUT2D eigenvalue weighted by molar-refractivity contribution is 5.88. The Labute approximate surface area is 297 Å². The summed E-state index contributed by atoms with van der Waals surface area (Å²) in [5.74, 6) is 0.400. The summed E-state index contributed by atoms with van der Waals surface area (Å²) in [6, 6.07) is 16.8. The molecular weight excluding hydrogens is 626 g/mol. The molecule has 2 atom stereocenters. The zero-order valence-corrected chi connectivity index (χ0v) is 31.0. The van der Waals surface area contributed by atoms with Crippen molar-refractivity contribution in [1.82, 2.24) is 9.61 Å². The number of hydrogen-bond donors (Lipinski definition) is 0. The van der Waals surface area contributed by atoms with Crippen molar-refractivity contribution >= 4 is 17.2 Å². The maximum atomic E-state index is 13.5. The highest BCUT2D eigenvalue weighted by Gasteiger charge is 2.37. The number of benzene rings is 2. The molecule has 2 aromatic heterocycles. The van der Waals surface area contributed by atoms with Gasteiger partial charge in [-0.2, -0.15) is 5.10 Å². The van der Waals surface area contributed by atoms with E-state index in [1.807, 2.05) is 50.5 Å². The topological polar surface area (TPSA) is 74.5 Å². The second kappa shape index (κ2) is 15.2. The Bertz CT molecular complexity index is 1840. The molecule has 1 aliphatic heterocycles. The fraction of sp³-hybridized carbons (Fsp3) is 0.429. The number of carbonyl (C=O) groups excluding carboxylic acids is 1. The average Bonchev–Trinajstić information content (AvgIpc) is 3.50. The molecule has 0 saturated carbocycles. The lowest BCUT2D eigenvalue weighted by Crippen LogP contribution is -2.45. The van der Waals surface area contributed by atoms with E-state index in [0.29, 0.717) is 6.61 Å². The molecule has 4 aromatic rings. The summed E-state index contributed by atoms with van der Waals surface area (Å²) < 4.78 is 26.3. The maximum absolute atomic E-state index is 13.5. The van der Waals surface area contributed by atoms with Crippen LogP contribution in [0.5, 0.6) is 5.75 Å². The molecule has 266 valence electrons. The fourth-order valence-electron chi connectivity index (χ4n) is 6.66. The number of aromatic nitrogens is 2. The van der Waals surface area contributed by atoms with Gasteiger partial charge in [-0.3, -0.25) is 0 Å². The quantitative estimate of drug-likeness (QED) is 0.103. The van der Waals surface area contributed by atoms with Crippen molar-refractivity contribution in [3.05, 3.63) is 96.7 Å². The number of aryl methyl sites for hydroxylation is 2. The lowest BCUT2D eigenvalue weighted by molar-refractivity contribution is -0.164. The van der Waals surface area contributed by atoms with E-state index in [-0.39, 0.29) is 11.7 Å². The molecule has 0 amide bonds. The van der Waals surface area contributed by atoms with Crippen molar-refractivity contribution in [3.63, 3.8) is 0 Å². The summed E-state index contributed by atoms with van der Waals surface area (Å²) in [7, 11) is 1.41. The number of hydrogen-bond acceptors (Lipinski definition) is 7. The molecule has 0 N–H and O–H groups in total. The Morgan fingerprint density at radius 3 is 2.42 bits per heavy atom. The number of carbonyl (C=O) groups is 1. The summed E-state index contributed by atoms with van der Waals surface area (Å²) in [6.07, 6.45) is 7.14. The van der Waals surface area contributed by atoms with Gasteiger partial charge >= 0.3 is 5.97 Å². The minimum absolute atomic E-state index is 0.00344. The van der Waals surface area contributed by atoms with E-state index >= 15 is 0 Å². The van der Waals surface area contributed by atoms with Gasteiger partial charge in [0.05, 0.1) is 47.9 Å². The fourth-order valence-corrected chi connectivity index (χ4v) is 6.66. The highest BCUT2D eigenvalue weighted by Crippen LogP contribution is 2.42. The third-order valence-electron chi connectivity index (χ3n) is 9.24. The predicted molar refractivity (Wildman–Crippen MR) is 202 cm³/mol. The first kappa shape index (κ1) is 36.9. The number of pyridine rings is 1. The first-order valence-corrected chi connectivity index (χ1v) is 17.5. The van der Waals surface area contributed by atoms with Crippen LogP contribution >= 0.6 is 0 Å². The number of anilines is 1. The molecule has 2 aromatic carbocycles. The Hall–Kier alpha value is -4.40. The lowest BCUT2D eigenvalue weighted by Gasteiger charge is -2.41. The number of fused-ring (bicyclic) bond motifs is 1. The van der Waals surface area contributed by atoms with Crippen LogP contribution in [0.4, 0.5) is 5.69 Å². The lowest BCUT2D eigenvalue weighted by atomic mass is 9.91. The molecule has 0 bridgehead atoms. The number of esters is 1. The summed E-state index contributed by atoms with van der Waals surface area (Å²) in [5.41, 5.74) is 7.67. The van der Waals surface area contributed by atoms with Gasteiger partial charge < -0.3 is 23.8 Å². The van der Waals surface area contributed by atoms with Crippen LogP contribution in [0.3, 0.4) is 0 Å². The SMILES string of the molecule is C=CCOC1(C)CCN(c2c(C(OC(C)(C)C)C(=O)OC)c(C)cn3nc(-c4cccc(-c5cc(C)ccc5OC(C)CC=C)c4)cc23)CC1. The van der Waals surface area contributed by atoms with E-state index in [0.717, 1.165) is 88.4 Å². The number of rotatable bonds is 13.